The molecule has 5 rings (SSSR count). The van der Waals surface area contributed by atoms with Gasteiger partial charge in [0.25, 0.3) is 5.91 Å². The number of benzene rings is 1. The summed E-state index contributed by atoms with van der Waals surface area (Å²) in [6.45, 7) is 3.92. The van der Waals surface area contributed by atoms with Crippen LogP contribution < -0.4 is 10.1 Å². The number of fused-ring (bicyclic) bond motifs is 1. The number of aryl methyl sites for hydroxylation is 3. The van der Waals surface area contributed by atoms with Gasteiger partial charge >= 0.3 is 0 Å². The van der Waals surface area contributed by atoms with Crippen molar-refractivity contribution >= 4 is 33.4 Å². The summed E-state index contributed by atoms with van der Waals surface area (Å²) < 4.78 is 6.99. The first-order chi connectivity index (χ1) is 14.9. The highest BCUT2D eigenvalue weighted by atomic mass is 32.1. The Morgan fingerprint density at radius 2 is 1.94 bits per heavy atom. The van der Waals surface area contributed by atoms with Crippen molar-refractivity contribution < 1.29 is 9.53 Å². The van der Waals surface area contributed by atoms with Gasteiger partial charge in [-0.1, -0.05) is 0 Å². The van der Waals surface area contributed by atoms with Gasteiger partial charge in [-0.05, 0) is 57.0 Å². The lowest BCUT2D eigenvalue weighted by Crippen LogP contribution is -2.13. The zero-order chi connectivity index (χ0) is 21.7. The number of aromatic nitrogens is 4. The van der Waals surface area contributed by atoms with Gasteiger partial charge in [0.2, 0.25) is 0 Å². The van der Waals surface area contributed by atoms with Crippen LogP contribution >= 0.6 is 11.3 Å². The lowest BCUT2D eigenvalue weighted by molar-refractivity contribution is 0.102. The van der Waals surface area contributed by atoms with Gasteiger partial charge in [0, 0.05) is 29.1 Å². The van der Waals surface area contributed by atoms with E-state index in [1.165, 1.54) is 11.3 Å². The van der Waals surface area contributed by atoms with Crippen LogP contribution in [-0.2, 0) is 7.05 Å². The molecule has 8 heteroatoms. The van der Waals surface area contributed by atoms with Gasteiger partial charge in [0.15, 0.2) is 10.8 Å². The Labute approximate surface area is 184 Å². The Hall–Kier alpha value is -3.26. The second-order valence-electron chi connectivity index (χ2n) is 7.88. The third-order valence-electron chi connectivity index (χ3n) is 5.61. The number of hydrogen-bond acceptors (Lipinski definition) is 6. The van der Waals surface area contributed by atoms with Crippen molar-refractivity contribution in [2.45, 2.75) is 32.6 Å². The van der Waals surface area contributed by atoms with Gasteiger partial charge in [0.05, 0.1) is 29.4 Å². The summed E-state index contributed by atoms with van der Waals surface area (Å²) in [5.41, 5.74) is 4.97. The molecule has 7 nitrogen and oxygen atoms in total. The molecule has 31 heavy (non-hydrogen) atoms. The van der Waals surface area contributed by atoms with Crippen molar-refractivity contribution in [2.75, 3.05) is 12.4 Å². The van der Waals surface area contributed by atoms with E-state index in [2.05, 4.69) is 15.4 Å². The maximum Gasteiger partial charge on any atom is 0.258 e. The van der Waals surface area contributed by atoms with Crippen molar-refractivity contribution in [1.82, 2.24) is 19.7 Å². The van der Waals surface area contributed by atoms with Gasteiger partial charge < -0.3 is 4.74 Å². The number of carbonyl (C=O) groups excluding carboxylic acids is 1. The van der Waals surface area contributed by atoms with Gasteiger partial charge in [-0.2, -0.15) is 5.10 Å². The van der Waals surface area contributed by atoms with E-state index < -0.39 is 0 Å². The number of amides is 1. The average Bonchev–Trinajstić information content (AvgIpc) is 3.50. The molecular formula is C23H23N5O2S. The largest absolute Gasteiger partial charge is 0.497 e. The molecule has 0 radical (unpaired) electrons. The molecule has 0 unspecified atom stereocenters. The highest BCUT2D eigenvalue weighted by Crippen LogP contribution is 2.40. The summed E-state index contributed by atoms with van der Waals surface area (Å²) in [6, 6.07) is 9.68. The molecule has 1 aliphatic carbocycles. The Morgan fingerprint density at radius 1 is 1.19 bits per heavy atom. The quantitative estimate of drug-likeness (QED) is 0.487. The summed E-state index contributed by atoms with van der Waals surface area (Å²) in [5.74, 6) is 1.06. The first kappa shape index (κ1) is 19.7. The van der Waals surface area contributed by atoms with Crippen molar-refractivity contribution in [3.8, 4) is 17.0 Å². The van der Waals surface area contributed by atoms with Crippen LogP contribution in [0.1, 0.15) is 45.4 Å². The molecule has 1 aliphatic rings. The molecule has 1 amide bonds. The Balaban J connectivity index is 1.49. The lowest BCUT2D eigenvalue weighted by Gasteiger charge is -2.07. The number of nitrogens with one attached hydrogen (secondary N) is 1. The van der Waals surface area contributed by atoms with E-state index in [1.807, 2.05) is 51.2 Å². The van der Waals surface area contributed by atoms with Crippen LogP contribution in [0.15, 0.2) is 30.3 Å². The number of rotatable bonds is 5. The first-order valence-corrected chi connectivity index (χ1v) is 11.0. The fourth-order valence-electron chi connectivity index (χ4n) is 3.86. The third kappa shape index (κ3) is 3.57. The van der Waals surface area contributed by atoms with Crippen LogP contribution in [0.25, 0.3) is 22.3 Å². The van der Waals surface area contributed by atoms with Gasteiger partial charge in [-0.15, -0.1) is 11.3 Å². The first-order valence-electron chi connectivity index (χ1n) is 10.2. The molecule has 1 saturated carbocycles. The van der Waals surface area contributed by atoms with E-state index in [-0.39, 0.29) is 5.91 Å². The molecule has 1 aromatic carbocycles. The van der Waals surface area contributed by atoms with Crippen LogP contribution in [0.5, 0.6) is 5.75 Å². The topological polar surface area (TPSA) is 81.9 Å². The van der Waals surface area contributed by atoms with E-state index >= 15 is 0 Å². The standard InChI is InChI=1S/C23H23N5O2S/c1-12-19-17(11-18(14-5-6-14)24-21(19)28(3)27-12)22(29)26-23-25-20(13(2)31-23)15-7-9-16(30-4)10-8-15/h7-11,14H,5-6H2,1-4H3,(H,25,26,29). The second-order valence-corrected chi connectivity index (χ2v) is 9.09. The zero-order valence-corrected chi connectivity index (χ0v) is 18.7. The summed E-state index contributed by atoms with van der Waals surface area (Å²) in [6.07, 6.45) is 2.24. The minimum absolute atomic E-state index is 0.180. The Kier molecular flexibility index (Phi) is 4.74. The number of carbonyl (C=O) groups is 1. The molecule has 3 heterocycles. The molecule has 0 spiro atoms. The van der Waals surface area contributed by atoms with Crippen LogP contribution in [0.4, 0.5) is 5.13 Å². The predicted molar refractivity (Wildman–Crippen MR) is 122 cm³/mol. The fraction of sp³-hybridized carbons (Fsp3) is 0.304. The van der Waals surface area contributed by atoms with E-state index in [0.717, 1.165) is 57.1 Å². The highest BCUT2D eigenvalue weighted by Gasteiger charge is 2.28. The third-order valence-corrected chi connectivity index (χ3v) is 6.50. The van der Waals surface area contributed by atoms with Crippen molar-refractivity contribution in [3.05, 3.63) is 52.2 Å². The molecule has 158 valence electrons. The number of pyridine rings is 1. The molecular weight excluding hydrogens is 410 g/mol. The molecule has 0 aliphatic heterocycles. The van der Waals surface area contributed by atoms with Gasteiger partial charge in [-0.3, -0.25) is 14.8 Å². The van der Waals surface area contributed by atoms with Crippen molar-refractivity contribution in [1.29, 1.82) is 0 Å². The maximum atomic E-state index is 13.3. The molecule has 4 aromatic rings. The highest BCUT2D eigenvalue weighted by molar-refractivity contribution is 7.16. The summed E-state index contributed by atoms with van der Waals surface area (Å²) >= 11 is 1.47. The minimum atomic E-state index is -0.180. The molecule has 0 atom stereocenters. The van der Waals surface area contributed by atoms with E-state index in [9.17, 15) is 4.79 Å². The number of nitrogens with zero attached hydrogens (tertiary/aromatic N) is 4. The molecule has 0 saturated heterocycles. The van der Waals surface area contributed by atoms with E-state index in [1.54, 1.807) is 11.8 Å². The number of hydrogen-bond donors (Lipinski definition) is 1. The zero-order valence-electron chi connectivity index (χ0n) is 17.9. The lowest BCUT2D eigenvalue weighted by atomic mass is 10.1. The molecule has 3 aromatic heterocycles. The van der Waals surface area contributed by atoms with Gasteiger partial charge in [-0.25, -0.2) is 9.97 Å². The van der Waals surface area contributed by atoms with Crippen LogP contribution in [0.3, 0.4) is 0 Å². The molecule has 0 bridgehead atoms. The summed E-state index contributed by atoms with van der Waals surface area (Å²) in [5, 5.41) is 8.87. The monoisotopic (exact) mass is 433 g/mol. The van der Waals surface area contributed by atoms with Crippen LogP contribution in [-0.4, -0.2) is 32.8 Å². The number of thiazole rings is 1. The van der Waals surface area contributed by atoms with Crippen LogP contribution in [0.2, 0.25) is 0 Å². The average molecular weight is 434 g/mol. The maximum absolute atomic E-state index is 13.3. The normalized spacial score (nSPS) is 13.5. The van der Waals surface area contributed by atoms with E-state index in [4.69, 9.17) is 9.72 Å². The number of ether oxygens (including phenoxy) is 1. The van der Waals surface area contributed by atoms with Crippen molar-refractivity contribution in [3.63, 3.8) is 0 Å². The Bertz CT molecular complexity index is 1300. The summed E-state index contributed by atoms with van der Waals surface area (Å²) in [4.78, 5) is 23.8. The van der Waals surface area contributed by atoms with Crippen LogP contribution in [0, 0.1) is 13.8 Å². The summed E-state index contributed by atoms with van der Waals surface area (Å²) in [7, 11) is 3.51. The fourth-order valence-corrected chi connectivity index (χ4v) is 4.69. The van der Waals surface area contributed by atoms with Gasteiger partial charge in [0.1, 0.15) is 5.75 Å². The number of methoxy groups -OCH3 is 1. The van der Waals surface area contributed by atoms with E-state index in [0.29, 0.717) is 16.6 Å². The molecule has 1 fully saturated rings. The SMILES string of the molecule is COc1ccc(-c2nc(NC(=O)c3cc(C4CC4)nc4c3c(C)nn4C)sc2C)cc1. The predicted octanol–water partition coefficient (Wildman–Crippen LogP) is 4.85. The second kappa shape index (κ2) is 7.46. The minimum Gasteiger partial charge on any atom is -0.497 e. The Morgan fingerprint density at radius 3 is 2.61 bits per heavy atom. The van der Waals surface area contributed by atoms with Crippen molar-refractivity contribution in [2.24, 2.45) is 7.05 Å². The smallest absolute Gasteiger partial charge is 0.258 e. The molecule has 1 N–H and O–H groups in total. The number of anilines is 1.